The molecular weight excluding hydrogens is 514 g/mol. The molecule has 1 aliphatic rings. The predicted octanol–water partition coefficient (Wildman–Crippen LogP) is 5.34. The van der Waals surface area contributed by atoms with Crippen LogP contribution in [0.2, 0.25) is 0 Å². The molecule has 1 aromatic carbocycles. The average molecular weight is 550 g/mol. The summed E-state index contributed by atoms with van der Waals surface area (Å²) in [6.07, 6.45) is 3.48. The zero-order chi connectivity index (χ0) is 27.7. The zero-order valence-corrected chi connectivity index (χ0v) is 23.9. The van der Waals surface area contributed by atoms with Crippen LogP contribution in [0.3, 0.4) is 0 Å². The van der Waals surface area contributed by atoms with Crippen molar-refractivity contribution in [3.8, 4) is 17.1 Å². The van der Waals surface area contributed by atoms with Gasteiger partial charge in [-0.3, -0.25) is 15.1 Å². The van der Waals surface area contributed by atoms with E-state index in [0.29, 0.717) is 59.1 Å². The van der Waals surface area contributed by atoms with E-state index in [1.165, 1.54) is 0 Å². The highest BCUT2D eigenvalue weighted by atomic mass is 32.2. The summed E-state index contributed by atoms with van der Waals surface area (Å²) in [4.78, 5) is 23.0. The number of hydrogen-bond acceptors (Lipinski definition) is 7. The molecule has 0 fully saturated rings. The molecule has 0 saturated heterocycles. The van der Waals surface area contributed by atoms with Crippen LogP contribution in [0.1, 0.15) is 49.7 Å². The number of rotatable bonds is 3. The number of imidazole rings is 1. The van der Waals surface area contributed by atoms with Gasteiger partial charge in [-0.2, -0.15) is 9.46 Å². The Kier molecular flexibility index (Phi) is 7.44. The van der Waals surface area contributed by atoms with Crippen LogP contribution in [0, 0.1) is 12.8 Å². The number of nitrogens with one attached hydrogen (secondary N) is 1. The van der Waals surface area contributed by atoms with Crippen molar-refractivity contribution in [2.45, 2.75) is 47.1 Å². The van der Waals surface area contributed by atoms with E-state index >= 15 is 0 Å². The Hall–Kier alpha value is -3.73. The molecule has 0 unspecified atom stereocenters. The Morgan fingerprint density at radius 2 is 1.97 bits per heavy atom. The summed E-state index contributed by atoms with van der Waals surface area (Å²) in [5.74, 6) is 2.09. The molecule has 1 amide bonds. The van der Waals surface area contributed by atoms with Gasteiger partial charge in [0.15, 0.2) is 0 Å². The lowest BCUT2D eigenvalue weighted by Crippen LogP contribution is -2.18. The fraction of sp³-hybridized carbons (Fsp3) is 0.429. The first-order chi connectivity index (χ1) is 18.7. The third kappa shape index (κ3) is 5.54. The van der Waals surface area contributed by atoms with Gasteiger partial charge in [-0.05, 0) is 56.0 Å². The van der Waals surface area contributed by atoms with Crippen LogP contribution in [-0.2, 0) is 23.3 Å². The van der Waals surface area contributed by atoms with Crippen molar-refractivity contribution in [2.24, 2.45) is 17.3 Å². The molecule has 1 atom stereocenters. The van der Waals surface area contributed by atoms with E-state index in [1.54, 1.807) is 23.0 Å². The predicted molar refractivity (Wildman–Crippen MR) is 154 cm³/mol. The van der Waals surface area contributed by atoms with Crippen LogP contribution < -0.4 is 10.1 Å². The van der Waals surface area contributed by atoms with E-state index in [9.17, 15) is 9.00 Å². The molecule has 0 saturated carbocycles. The van der Waals surface area contributed by atoms with Crippen LogP contribution in [0.5, 0.6) is 5.88 Å². The highest BCUT2D eigenvalue weighted by Crippen LogP contribution is 2.31. The molecule has 0 radical (unpaired) electrons. The van der Waals surface area contributed by atoms with Gasteiger partial charge in [0.1, 0.15) is 0 Å². The molecule has 4 aromatic rings. The van der Waals surface area contributed by atoms with Gasteiger partial charge in [0, 0.05) is 36.4 Å². The minimum Gasteiger partial charge on any atom is -0.477 e. The summed E-state index contributed by atoms with van der Waals surface area (Å²) >= 11 is 0. The molecule has 2 bridgehead atoms. The first kappa shape index (κ1) is 26.9. The molecule has 10 nitrogen and oxygen atoms in total. The van der Waals surface area contributed by atoms with Crippen molar-refractivity contribution >= 4 is 38.3 Å². The number of carbonyl (C=O) groups excluding carboxylic acids is 1. The summed E-state index contributed by atoms with van der Waals surface area (Å²) in [6.45, 7) is 9.01. The summed E-state index contributed by atoms with van der Waals surface area (Å²) in [6, 6.07) is 9.15. The summed E-state index contributed by atoms with van der Waals surface area (Å²) in [5.41, 5.74) is 4.79. The number of hydrogen-bond donors (Lipinski definition) is 1. The van der Waals surface area contributed by atoms with Crippen LogP contribution in [-0.4, -0.2) is 52.5 Å². The van der Waals surface area contributed by atoms with Gasteiger partial charge in [-0.1, -0.05) is 20.8 Å². The van der Waals surface area contributed by atoms with Gasteiger partial charge in [-0.15, -0.1) is 0 Å². The summed E-state index contributed by atoms with van der Waals surface area (Å²) in [7, 11) is -0.473. The summed E-state index contributed by atoms with van der Waals surface area (Å²) in [5, 5.41) is 7.41. The fourth-order valence-electron chi connectivity index (χ4n) is 4.86. The van der Waals surface area contributed by atoms with Gasteiger partial charge in [0.05, 0.1) is 50.5 Å². The van der Waals surface area contributed by atoms with Crippen molar-refractivity contribution in [1.82, 2.24) is 24.3 Å². The normalized spacial score (nSPS) is 16.4. The maximum absolute atomic E-state index is 13.5. The molecule has 3 aromatic heterocycles. The van der Waals surface area contributed by atoms with Crippen molar-refractivity contribution in [1.29, 1.82) is 0 Å². The second-order valence-corrected chi connectivity index (χ2v) is 13.0. The highest BCUT2D eigenvalue weighted by molar-refractivity contribution is 7.93. The maximum atomic E-state index is 13.5. The monoisotopic (exact) mass is 549 g/mol. The van der Waals surface area contributed by atoms with Crippen LogP contribution in [0.4, 0.5) is 11.6 Å². The minimum absolute atomic E-state index is 0.277. The SMILES string of the molecule is CCS(=O)(CC)=Nc1ccc2nc3n(c2c1)C[C@H](C)CCCOc1c(cnn1C)-c1cc(cc(C)n1)C(=O)N3. The molecule has 5 rings (SSSR count). The Morgan fingerprint density at radius 1 is 1.18 bits per heavy atom. The largest absolute Gasteiger partial charge is 0.477 e. The van der Waals surface area contributed by atoms with Crippen molar-refractivity contribution < 1.29 is 13.7 Å². The Bertz CT molecular complexity index is 1650. The number of benzene rings is 1. The summed E-state index contributed by atoms with van der Waals surface area (Å²) < 4.78 is 27.5. The lowest BCUT2D eigenvalue weighted by Gasteiger charge is -2.16. The van der Waals surface area contributed by atoms with Crippen molar-refractivity contribution in [3.63, 3.8) is 0 Å². The van der Waals surface area contributed by atoms with E-state index < -0.39 is 9.73 Å². The second-order valence-electron chi connectivity index (χ2n) is 10.1. The van der Waals surface area contributed by atoms with Crippen LogP contribution >= 0.6 is 0 Å². The number of carbonyl (C=O) groups is 1. The number of ether oxygens (including phenoxy) is 1. The number of fused-ring (bicyclic) bond motifs is 7. The van der Waals surface area contributed by atoms with Gasteiger partial charge >= 0.3 is 0 Å². The standard InChI is InChI=1S/C28H35N7O3S/c1-6-39(37,7-2)33-21-10-11-23-25(15-21)35-17-18(3)9-8-12-38-27-22(16-29-34(27)5)24-14-20(13-19(4)30-24)26(36)32-28(35)31-23/h10-11,13-16,18H,6-9,12,17H2,1-5H3,(H,31,32,36)/t18-/m1/s1. The quantitative estimate of drug-likeness (QED) is 0.369. The second kappa shape index (κ2) is 10.8. The third-order valence-electron chi connectivity index (χ3n) is 7.08. The van der Waals surface area contributed by atoms with Gasteiger partial charge in [0.2, 0.25) is 11.8 Å². The molecular formula is C28H35N7O3S. The minimum atomic E-state index is -2.31. The van der Waals surface area contributed by atoms with Crippen LogP contribution in [0.25, 0.3) is 22.3 Å². The number of aryl methyl sites for hydroxylation is 2. The number of nitrogens with zero attached hydrogens (tertiary/aromatic N) is 6. The first-order valence-corrected chi connectivity index (χ1v) is 15.2. The van der Waals surface area contributed by atoms with Gasteiger partial charge in [0.25, 0.3) is 5.91 Å². The number of pyridine rings is 1. The average Bonchev–Trinajstić information content (AvgIpc) is 3.45. The molecule has 1 aliphatic heterocycles. The van der Waals surface area contributed by atoms with E-state index in [-0.39, 0.29) is 11.8 Å². The van der Waals surface area contributed by atoms with E-state index in [1.807, 2.05) is 50.6 Å². The third-order valence-corrected chi connectivity index (χ3v) is 9.43. The van der Waals surface area contributed by atoms with E-state index in [2.05, 4.69) is 26.7 Å². The smallest absolute Gasteiger partial charge is 0.258 e. The van der Waals surface area contributed by atoms with Gasteiger partial charge < -0.3 is 9.30 Å². The number of anilines is 1. The highest BCUT2D eigenvalue weighted by Gasteiger charge is 2.21. The van der Waals surface area contributed by atoms with Crippen LogP contribution in [0.15, 0.2) is 40.9 Å². The molecule has 206 valence electrons. The number of aromatic nitrogens is 5. The number of amides is 1. The Morgan fingerprint density at radius 3 is 2.74 bits per heavy atom. The molecule has 39 heavy (non-hydrogen) atoms. The van der Waals surface area contributed by atoms with Crippen molar-refractivity contribution in [3.05, 3.63) is 47.8 Å². The van der Waals surface area contributed by atoms with Crippen molar-refractivity contribution in [2.75, 3.05) is 23.4 Å². The lowest BCUT2D eigenvalue weighted by atomic mass is 10.1. The molecule has 4 heterocycles. The zero-order valence-electron chi connectivity index (χ0n) is 23.1. The van der Waals surface area contributed by atoms with E-state index in [0.717, 1.165) is 29.4 Å². The topological polar surface area (TPSA) is 116 Å². The fourth-order valence-corrected chi connectivity index (χ4v) is 6.03. The molecule has 0 spiro atoms. The van der Waals surface area contributed by atoms with E-state index in [4.69, 9.17) is 9.72 Å². The maximum Gasteiger partial charge on any atom is 0.258 e. The Balaban J connectivity index is 1.61. The molecule has 0 aliphatic carbocycles. The van der Waals surface area contributed by atoms with Gasteiger partial charge in [-0.25, -0.2) is 13.9 Å². The molecule has 11 heteroatoms. The Labute approximate surface area is 229 Å². The molecule has 1 N–H and O–H groups in total. The lowest BCUT2D eigenvalue weighted by molar-refractivity contribution is 0.102. The first-order valence-electron chi connectivity index (χ1n) is 13.4.